The lowest BCUT2D eigenvalue weighted by Crippen LogP contribution is -2.53. The van der Waals surface area contributed by atoms with Crippen LogP contribution in [-0.2, 0) is 6.42 Å². The van der Waals surface area contributed by atoms with E-state index < -0.39 is 0 Å². The molecule has 1 fully saturated rings. The quantitative estimate of drug-likeness (QED) is 0.719. The van der Waals surface area contributed by atoms with Crippen LogP contribution in [0.5, 0.6) is 0 Å². The van der Waals surface area contributed by atoms with Crippen LogP contribution in [0.3, 0.4) is 0 Å². The Bertz CT molecular complexity index is 459. The van der Waals surface area contributed by atoms with E-state index in [-0.39, 0.29) is 11.3 Å². The lowest BCUT2D eigenvalue weighted by molar-refractivity contribution is 0.0505. The molecule has 0 bridgehead atoms. The van der Waals surface area contributed by atoms with Crippen molar-refractivity contribution in [2.75, 3.05) is 13.1 Å². The van der Waals surface area contributed by atoms with Gasteiger partial charge in [-0.2, -0.15) is 0 Å². The fraction of sp³-hybridized carbons (Fsp3) is 0.632. The van der Waals surface area contributed by atoms with E-state index in [2.05, 4.69) is 37.8 Å². The maximum absolute atomic E-state index is 13.0. The first-order valence-corrected chi connectivity index (χ1v) is 8.50. The summed E-state index contributed by atoms with van der Waals surface area (Å²) in [6.45, 7) is 8.57. The van der Waals surface area contributed by atoms with E-state index in [1.807, 2.05) is 12.1 Å². The predicted molar refractivity (Wildman–Crippen MR) is 88.9 cm³/mol. The van der Waals surface area contributed by atoms with Crippen LogP contribution in [0.4, 0.5) is 0 Å². The zero-order valence-electron chi connectivity index (χ0n) is 13.8. The van der Waals surface area contributed by atoms with Gasteiger partial charge in [-0.25, -0.2) is 0 Å². The summed E-state index contributed by atoms with van der Waals surface area (Å²) >= 11 is 0. The summed E-state index contributed by atoms with van der Waals surface area (Å²) in [5, 5.41) is 0. The summed E-state index contributed by atoms with van der Waals surface area (Å²) in [7, 11) is 0. The van der Waals surface area contributed by atoms with Crippen LogP contribution in [0.2, 0.25) is 0 Å². The highest BCUT2D eigenvalue weighted by molar-refractivity contribution is 6.03. The summed E-state index contributed by atoms with van der Waals surface area (Å²) in [5.41, 5.74) is 1.85. The zero-order chi connectivity index (χ0) is 15.3. The van der Waals surface area contributed by atoms with Gasteiger partial charge in [-0.15, -0.1) is 0 Å². The van der Waals surface area contributed by atoms with Crippen LogP contribution in [-0.4, -0.2) is 29.3 Å². The molecule has 2 rings (SSSR count). The van der Waals surface area contributed by atoms with Crippen molar-refractivity contribution < 1.29 is 4.79 Å². The van der Waals surface area contributed by atoms with Gasteiger partial charge < -0.3 is 0 Å². The van der Waals surface area contributed by atoms with Gasteiger partial charge in [-0.05, 0) is 51.3 Å². The van der Waals surface area contributed by atoms with Crippen molar-refractivity contribution >= 4 is 5.78 Å². The van der Waals surface area contributed by atoms with Crippen molar-refractivity contribution in [2.24, 2.45) is 0 Å². The van der Waals surface area contributed by atoms with Gasteiger partial charge in [0.25, 0.3) is 0 Å². The molecule has 1 unspecified atom stereocenters. The highest BCUT2D eigenvalue weighted by Gasteiger charge is 2.38. The van der Waals surface area contributed by atoms with Crippen LogP contribution < -0.4 is 0 Å². The first kappa shape index (κ1) is 16.2. The number of carbonyl (C=O) groups excluding carboxylic acids is 1. The summed E-state index contributed by atoms with van der Waals surface area (Å²) in [6, 6.07) is 8.27. The number of nitrogens with zero attached hydrogens (tertiary/aromatic N) is 1. The van der Waals surface area contributed by atoms with E-state index in [0.29, 0.717) is 0 Å². The second kappa shape index (κ2) is 7.22. The molecule has 2 heteroatoms. The molecule has 1 aromatic rings. The largest absolute Gasteiger partial charge is 0.292 e. The number of hydrogen-bond acceptors (Lipinski definition) is 2. The van der Waals surface area contributed by atoms with Crippen molar-refractivity contribution in [2.45, 2.75) is 64.8 Å². The number of rotatable bonds is 6. The van der Waals surface area contributed by atoms with Gasteiger partial charge in [0.15, 0.2) is 5.78 Å². The van der Waals surface area contributed by atoms with E-state index >= 15 is 0 Å². The molecule has 0 N–H and O–H groups in total. The topological polar surface area (TPSA) is 20.3 Å². The maximum Gasteiger partial charge on any atom is 0.182 e. The Labute approximate surface area is 129 Å². The number of piperidine rings is 1. The third kappa shape index (κ3) is 3.55. The van der Waals surface area contributed by atoms with E-state index in [9.17, 15) is 4.79 Å². The molecular formula is C19H29NO. The van der Waals surface area contributed by atoms with Crippen molar-refractivity contribution in [1.29, 1.82) is 0 Å². The summed E-state index contributed by atoms with van der Waals surface area (Å²) in [4.78, 5) is 15.4. The molecule has 0 saturated carbocycles. The van der Waals surface area contributed by atoms with Crippen molar-refractivity contribution in [3.63, 3.8) is 0 Å². The van der Waals surface area contributed by atoms with Crippen LogP contribution in [0.15, 0.2) is 24.3 Å². The molecular weight excluding hydrogens is 258 g/mol. The van der Waals surface area contributed by atoms with Gasteiger partial charge in [0.1, 0.15) is 0 Å². The highest BCUT2D eigenvalue weighted by Crippen LogP contribution is 2.28. The molecule has 1 saturated heterocycles. The SMILES string of the molecule is CCCc1ccc(C(=O)C(C)(CC)N2CCCCC2)cc1. The normalized spacial score (nSPS) is 19.2. The minimum absolute atomic E-state index is 0.287. The Morgan fingerprint density at radius 2 is 1.71 bits per heavy atom. The predicted octanol–water partition coefficient (Wildman–Crippen LogP) is 4.48. The van der Waals surface area contributed by atoms with Crippen molar-refractivity contribution in [3.05, 3.63) is 35.4 Å². The Morgan fingerprint density at radius 1 is 1.10 bits per heavy atom. The Balaban J connectivity index is 2.18. The fourth-order valence-corrected chi connectivity index (χ4v) is 3.34. The molecule has 2 nitrogen and oxygen atoms in total. The maximum atomic E-state index is 13.0. The molecule has 1 atom stereocenters. The first-order valence-electron chi connectivity index (χ1n) is 8.50. The van der Waals surface area contributed by atoms with Gasteiger partial charge in [0.2, 0.25) is 0 Å². The summed E-state index contributed by atoms with van der Waals surface area (Å²) in [5.74, 6) is 0.287. The number of benzene rings is 1. The second-order valence-electron chi connectivity index (χ2n) is 6.45. The fourth-order valence-electron chi connectivity index (χ4n) is 3.34. The minimum atomic E-state index is -0.341. The van der Waals surface area contributed by atoms with Crippen molar-refractivity contribution in [1.82, 2.24) is 4.90 Å². The number of likely N-dealkylation sites (tertiary alicyclic amines) is 1. The number of aryl methyl sites for hydroxylation is 1. The average molecular weight is 287 g/mol. The number of hydrogen-bond donors (Lipinski definition) is 0. The molecule has 1 aliphatic heterocycles. The van der Waals surface area contributed by atoms with E-state index in [1.54, 1.807) is 0 Å². The summed E-state index contributed by atoms with van der Waals surface area (Å²) < 4.78 is 0. The lowest BCUT2D eigenvalue weighted by Gasteiger charge is -2.41. The third-order valence-corrected chi connectivity index (χ3v) is 4.99. The summed E-state index contributed by atoms with van der Waals surface area (Å²) in [6.07, 6.45) is 6.86. The Kier molecular flexibility index (Phi) is 5.58. The van der Waals surface area contributed by atoms with Crippen LogP contribution in [0.25, 0.3) is 0 Å². The molecule has 1 heterocycles. The smallest absolute Gasteiger partial charge is 0.182 e. The number of ketones is 1. The standard InChI is InChI=1S/C19H29NO/c1-4-9-16-10-12-17(13-11-16)18(21)19(3,5-2)20-14-7-6-8-15-20/h10-13H,4-9,14-15H2,1-3H3. The van der Waals surface area contributed by atoms with Gasteiger partial charge >= 0.3 is 0 Å². The highest BCUT2D eigenvalue weighted by atomic mass is 16.1. The third-order valence-electron chi connectivity index (χ3n) is 4.99. The molecule has 21 heavy (non-hydrogen) atoms. The van der Waals surface area contributed by atoms with Gasteiger partial charge in [-0.1, -0.05) is 51.0 Å². The zero-order valence-corrected chi connectivity index (χ0v) is 13.8. The molecule has 0 amide bonds. The second-order valence-corrected chi connectivity index (χ2v) is 6.45. The lowest BCUT2D eigenvalue weighted by atomic mass is 9.85. The van der Waals surface area contributed by atoms with Gasteiger partial charge in [0.05, 0.1) is 5.54 Å². The molecule has 0 aliphatic carbocycles. The molecule has 1 aliphatic rings. The van der Waals surface area contributed by atoms with E-state index in [1.165, 1.54) is 24.8 Å². The average Bonchev–Trinajstić information content (AvgIpc) is 2.55. The van der Waals surface area contributed by atoms with Crippen LogP contribution in [0.1, 0.15) is 68.8 Å². The number of Topliss-reactive ketones (excluding diaryl/α,β-unsaturated/α-hetero) is 1. The molecule has 0 radical (unpaired) electrons. The Hall–Kier alpha value is -1.15. The van der Waals surface area contributed by atoms with E-state index in [4.69, 9.17) is 0 Å². The molecule has 1 aromatic carbocycles. The monoisotopic (exact) mass is 287 g/mol. The molecule has 0 spiro atoms. The van der Waals surface area contributed by atoms with Crippen LogP contribution in [0, 0.1) is 0 Å². The molecule has 116 valence electrons. The van der Waals surface area contributed by atoms with Crippen LogP contribution >= 0.6 is 0 Å². The Morgan fingerprint density at radius 3 is 2.24 bits per heavy atom. The van der Waals surface area contributed by atoms with Gasteiger partial charge in [-0.3, -0.25) is 9.69 Å². The number of carbonyl (C=O) groups is 1. The minimum Gasteiger partial charge on any atom is -0.292 e. The van der Waals surface area contributed by atoms with Crippen molar-refractivity contribution in [3.8, 4) is 0 Å². The van der Waals surface area contributed by atoms with Gasteiger partial charge in [0, 0.05) is 5.56 Å². The molecule has 0 aromatic heterocycles. The van der Waals surface area contributed by atoms with E-state index in [0.717, 1.165) is 37.9 Å². The first-order chi connectivity index (χ1) is 10.1.